The number of rotatable bonds is 12. The molecule has 2 unspecified atom stereocenters. The second-order valence-electron chi connectivity index (χ2n) is 10.3. The Balaban J connectivity index is 1.94. The second-order valence-corrected chi connectivity index (χ2v) is 10.3. The van der Waals surface area contributed by atoms with Crippen molar-refractivity contribution in [3.05, 3.63) is 70.8 Å². The normalized spacial score (nSPS) is 13.4. The maximum atomic E-state index is 12.9. The third kappa shape index (κ3) is 9.81. The third-order valence-corrected chi connectivity index (χ3v) is 6.29. The van der Waals surface area contributed by atoms with Crippen LogP contribution in [0.15, 0.2) is 48.5 Å². The fourth-order valence-corrected chi connectivity index (χ4v) is 3.90. The first-order valence-corrected chi connectivity index (χ1v) is 12.6. The molecule has 0 aromatic heterocycles. The number of halogens is 3. The number of nitrogens with two attached hydrogens (primary N) is 1. The number of carbonyl (C=O) groups excluding carboxylic acids is 3. The molecule has 7 nitrogen and oxygen atoms in total. The van der Waals surface area contributed by atoms with Gasteiger partial charge in [0.2, 0.25) is 11.8 Å². The van der Waals surface area contributed by atoms with Crippen LogP contribution in [-0.2, 0) is 28.6 Å². The molecule has 2 aromatic carbocycles. The van der Waals surface area contributed by atoms with E-state index in [-0.39, 0.29) is 23.4 Å². The van der Waals surface area contributed by atoms with E-state index in [0.29, 0.717) is 12.6 Å². The van der Waals surface area contributed by atoms with Gasteiger partial charge < -0.3 is 21.7 Å². The molecule has 0 bridgehead atoms. The van der Waals surface area contributed by atoms with Gasteiger partial charge in [-0.1, -0.05) is 58.0 Å². The Hall–Kier alpha value is -3.40. The number of alkyl halides is 3. The van der Waals surface area contributed by atoms with Crippen LogP contribution in [0.2, 0.25) is 0 Å². The lowest BCUT2D eigenvalue weighted by atomic mass is 9.82. The van der Waals surface area contributed by atoms with Crippen molar-refractivity contribution in [2.45, 2.75) is 65.2 Å². The molecule has 2 rings (SSSR count). The maximum absolute atomic E-state index is 12.9. The number of aryl methyl sites for hydroxylation is 1. The lowest BCUT2D eigenvalue weighted by Gasteiger charge is -2.34. The van der Waals surface area contributed by atoms with Crippen molar-refractivity contribution >= 4 is 17.7 Å². The van der Waals surface area contributed by atoms with Gasteiger partial charge in [-0.25, -0.2) is 0 Å². The van der Waals surface area contributed by atoms with Crippen molar-refractivity contribution in [3.63, 3.8) is 0 Å². The molecule has 0 heterocycles. The largest absolute Gasteiger partial charge is 0.416 e. The Labute approximate surface area is 221 Å². The molecule has 2 atom stereocenters. The van der Waals surface area contributed by atoms with Crippen LogP contribution in [0.5, 0.6) is 0 Å². The van der Waals surface area contributed by atoms with Crippen LogP contribution < -0.4 is 21.7 Å². The molecule has 38 heavy (non-hydrogen) atoms. The van der Waals surface area contributed by atoms with Crippen LogP contribution in [0.25, 0.3) is 0 Å². The summed E-state index contributed by atoms with van der Waals surface area (Å²) >= 11 is 0. The fraction of sp³-hybridized carbons (Fsp3) is 0.464. The highest BCUT2D eigenvalue weighted by molar-refractivity contribution is 5.97. The lowest BCUT2D eigenvalue weighted by molar-refractivity contribution is -0.137. The minimum Gasteiger partial charge on any atom is -0.368 e. The van der Waals surface area contributed by atoms with Crippen LogP contribution in [0, 0.1) is 5.41 Å². The van der Waals surface area contributed by atoms with Crippen LogP contribution >= 0.6 is 0 Å². The van der Waals surface area contributed by atoms with E-state index in [2.05, 4.69) is 47.1 Å². The van der Waals surface area contributed by atoms with Crippen molar-refractivity contribution in [2.75, 3.05) is 13.1 Å². The van der Waals surface area contributed by atoms with Crippen LogP contribution in [-0.4, -0.2) is 42.9 Å². The molecule has 0 aliphatic heterocycles. The lowest BCUT2D eigenvalue weighted by Crippen LogP contribution is -2.53. The Kier molecular flexibility index (Phi) is 10.9. The Morgan fingerprint density at radius 1 is 0.974 bits per heavy atom. The van der Waals surface area contributed by atoms with E-state index in [1.165, 1.54) is 17.2 Å². The summed E-state index contributed by atoms with van der Waals surface area (Å²) in [5.41, 5.74) is 6.53. The average Bonchev–Trinajstić information content (AvgIpc) is 2.85. The van der Waals surface area contributed by atoms with Gasteiger partial charge >= 0.3 is 6.18 Å². The van der Waals surface area contributed by atoms with Gasteiger partial charge in [0.1, 0.15) is 6.04 Å². The second kappa shape index (κ2) is 13.4. The van der Waals surface area contributed by atoms with Gasteiger partial charge in [0, 0.05) is 11.6 Å². The first kappa shape index (κ1) is 30.8. The van der Waals surface area contributed by atoms with Gasteiger partial charge in [0.15, 0.2) is 0 Å². The molecule has 0 aliphatic carbocycles. The summed E-state index contributed by atoms with van der Waals surface area (Å²) in [6.45, 7) is 8.25. The van der Waals surface area contributed by atoms with E-state index in [1.807, 2.05) is 20.8 Å². The highest BCUT2D eigenvalue weighted by Crippen LogP contribution is 2.29. The predicted octanol–water partition coefficient (Wildman–Crippen LogP) is 3.60. The van der Waals surface area contributed by atoms with Crippen LogP contribution in [0.1, 0.15) is 61.2 Å². The Bertz CT molecular complexity index is 1100. The number of hydrogen-bond donors (Lipinski definition) is 4. The Morgan fingerprint density at radius 3 is 2.16 bits per heavy atom. The molecule has 0 saturated carbocycles. The standard InChI is InChI=1S/C28H37F3N4O3/c1-5-18-9-11-19(12-10-18)13-14-33-23(27(2,3)4)16-22(25(32)37)35-24(36)17-34-26(38)20-7-6-8-21(15-20)28(29,30)31/h6-12,15,22-23,33H,5,13-14,16-17H2,1-4H3,(H2,32,37)(H,34,38)(H,35,36). The van der Waals surface area contributed by atoms with Gasteiger partial charge in [0.05, 0.1) is 12.1 Å². The van der Waals surface area contributed by atoms with Gasteiger partial charge in [-0.3, -0.25) is 14.4 Å². The zero-order valence-electron chi connectivity index (χ0n) is 22.2. The molecule has 0 radical (unpaired) electrons. The van der Waals surface area contributed by atoms with Gasteiger partial charge in [-0.2, -0.15) is 13.2 Å². The monoisotopic (exact) mass is 534 g/mol. The molecular weight excluding hydrogens is 497 g/mol. The van der Waals surface area contributed by atoms with Crippen molar-refractivity contribution in [1.82, 2.24) is 16.0 Å². The van der Waals surface area contributed by atoms with E-state index in [4.69, 9.17) is 5.73 Å². The smallest absolute Gasteiger partial charge is 0.368 e. The molecule has 5 N–H and O–H groups in total. The van der Waals surface area contributed by atoms with Crippen molar-refractivity contribution in [1.29, 1.82) is 0 Å². The summed E-state index contributed by atoms with van der Waals surface area (Å²) < 4.78 is 38.7. The third-order valence-electron chi connectivity index (χ3n) is 6.29. The number of nitrogens with one attached hydrogen (secondary N) is 3. The van der Waals surface area contributed by atoms with E-state index in [9.17, 15) is 27.6 Å². The quantitative estimate of drug-likeness (QED) is 0.333. The number of hydrogen-bond acceptors (Lipinski definition) is 4. The van der Waals surface area contributed by atoms with Gasteiger partial charge in [-0.05, 0) is 60.5 Å². The van der Waals surface area contributed by atoms with Crippen LogP contribution in [0.3, 0.4) is 0 Å². The molecule has 0 fully saturated rings. The zero-order chi connectivity index (χ0) is 28.5. The number of carbonyl (C=O) groups is 3. The van der Waals surface area contributed by atoms with E-state index >= 15 is 0 Å². The first-order chi connectivity index (χ1) is 17.7. The Morgan fingerprint density at radius 2 is 1.61 bits per heavy atom. The van der Waals surface area contributed by atoms with Gasteiger partial charge in [0.25, 0.3) is 5.91 Å². The molecule has 0 spiro atoms. The minimum atomic E-state index is -4.60. The van der Waals surface area contributed by atoms with Crippen molar-refractivity contribution in [2.24, 2.45) is 11.1 Å². The number of amides is 3. The number of benzene rings is 2. The van der Waals surface area contributed by atoms with E-state index in [0.717, 1.165) is 25.0 Å². The highest BCUT2D eigenvalue weighted by Gasteiger charge is 2.32. The minimum absolute atomic E-state index is 0.171. The van der Waals surface area contributed by atoms with Crippen LogP contribution in [0.4, 0.5) is 13.2 Å². The van der Waals surface area contributed by atoms with Crippen molar-refractivity contribution in [3.8, 4) is 0 Å². The average molecular weight is 535 g/mol. The SMILES string of the molecule is CCc1ccc(CCNC(CC(NC(=O)CNC(=O)c2cccc(C(F)(F)F)c2)C(N)=O)C(C)(C)C)cc1. The summed E-state index contributed by atoms with van der Waals surface area (Å²) in [7, 11) is 0. The molecular formula is C28H37F3N4O3. The topological polar surface area (TPSA) is 113 Å². The van der Waals surface area contributed by atoms with E-state index < -0.39 is 42.0 Å². The summed E-state index contributed by atoms with van der Waals surface area (Å²) in [6.07, 6.45) is -2.62. The fourth-order valence-electron chi connectivity index (χ4n) is 3.90. The van der Waals surface area contributed by atoms with Gasteiger partial charge in [-0.15, -0.1) is 0 Å². The molecule has 3 amide bonds. The zero-order valence-corrected chi connectivity index (χ0v) is 22.2. The van der Waals surface area contributed by atoms with Crippen molar-refractivity contribution < 1.29 is 27.6 Å². The molecule has 0 aliphatic rings. The molecule has 2 aromatic rings. The predicted molar refractivity (Wildman–Crippen MR) is 140 cm³/mol. The highest BCUT2D eigenvalue weighted by atomic mass is 19.4. The summed E-state index contributed by atoms with van der Waals surface area (Å²) in [5, 5.41) is 8.28. The summed E-state index contributed by atoms with van der Waals surface area (Å²) in [4.78, 5) is 36.9. The van der Waals surface area contributed by atoms with E-state index in [1.54, 1.807) is 0 Å². The summed E-state index contributed by atoms with van der Waals surface area (Å²) in [6, 6.07) is 11.1. The summed E-state index contributed by atoms with van der Waals surface area (Å²) in [5.74, 6) is -2.25. The molecule has 10 heteroatoms. The molecule has 208 valence electrons. The number of primary amides is 1. The molecule has 0 saturated heterocycles. The maximum Gasteiger partial charge on any atom is 0.416 e. The first-order valence-electron chi connectivity index (χ1n) is 12.6.